The maximum Gasteiger partial charge on any atom is 0.124 e. The van der Waals surface area contributed by atoms with Crippen LogP contribution in [-0.2, 0) is 0 Å². The SMILES string of the molecule is COc1ccc(C(NCCC#N)c2ccccc2)c(O)c1. The summed E-state index contributed by atoms with van der Waals surface area (Å²) in [6.45, 7) is 0.557. The lowest BCUT2D eigenvalue weighted by Gasteiger charge is -2.20. The van der Waals surface area contributed by atoms with Crippen LogP contribution in [0.4, 0.5) is 0 Å². The number of hydrogen-bond donors (Lipinski definition) is 2. The zero-order chi connectivity index (χ0) is 15.1. The van der Waals surface area contributed by atoms with Crippen molar-refractivity contribution in [2.24, 2.45) is 0 Å². The third-order valence-corrected chi connectivity index (χ3v) is 3.27. The molecule has 4 heteroatoms. The number of rotatable bonds is 6. The predicted molar refractivity (Wildman–Crippen MR) is 81.2 cm³/mol. The number of phenols is 1. The van der Waals surface area contributed by atoms with Crippen LogP contribution < -0.4 is 10.1 Å². The summed E-state index contributed by atoms with van der Waals surface area (Å²) >= 11 is 0. The first kappa shape index (κ1) is 14.9. The molecule has 0 saturated heterocycles. The third-order valence-electron chi connectivity index (χ3n) is 3.27. The topological polar surface area (TPSA) is 65.3 Å². The first-order valence-corrected chi connectivity index (χ1v) is 6.78. The molecular formula is C17H18N2O2. The molecule has 0 aromatic heterocycles. The third kappa shape index (κ3) is 3.74. The maximum absolute atomic E-state index is 10.2. The lowest BCUT2D eigenvalue weighted by molar-refractivity contribution is 0.404. The Kier molecular flexibility index (Phi) is 5.19. The predicted octanol–water partition coefficient (Wildman–Crippen LogP) is 2.99. The van der Waals surface area contributed by atoms with Crippen molar-refractivity contribution in [1.29, 1.82) is 5.26 Å². The number of nitrogens with zero attached hydrogens (tertiary/aromatic N) is 1. The fraction of sp³-hybridized carbons (Fsp3) is 0.235. The van der Waals surface area contributed by atoms with E-state index in [1.54, 1.807) is 13.2 Å². The second kappa shape index (κ2) is 7.32. The van der Waals surface area contributed by atoms with Gasteiger partial charge in [-0.15, -0.1) is 0 Å². The van der Waals surface area contributed by atoms with E-state index < -0.39 is 0 Å². The molecule has 2 N–H and O–H groups in total. The summed E-state index contributed by atoms with van der Waals surface area (Å²) in [5.74, 6) is 0.785. The molecular weight excluding hydrogens is 264 g/mol. The first-order chi connectivity index (χ1) is 10.3. The van der Waals surface area contributed by atoms with E-state index in [-0.39, 0.29) is 11.8 Å². The summed E-state index contributed by atoms with van der Waals surface area (Å²) < 4.78 is 5.11. The van der Waals surface area contributed by atoms with Crippen molar-refractivity contribution in [3.05, 3.63) is 59.7 Å². The number of benzene rings is 2. The number of phenolic OH excluding ortho intramolecular Hbond substituents is 1. The van der Waals surface area contributed by atoms with Gasteiger partial charge in [0.2, 0.25) is 0 Å². The Morgan fingerprint density at radius 2 is 2.00 bits per heavy atom. The number of ether oxygens (including phenoxy) is 1. The smallest absolute Gasteiger partial charge is 0.124 e. The van der Waals surface area contributed by atoms with E-state index in [1.807, 2.05) is 42.5 Å². The van der Waals surface area contributed by atoms with Crippen molar-refractivity contribution in [3.8, 4) is 17.6 Å². The molecule has 0 spiro atoms. The maximum atomic E-state index is 10.2. The molecule has 4 nitrogen and oxygen atoms in total. The lowest BCUT2D eigenvalue weighted by Crippen LogP contribution is -2.23. The van der Waals surface area contributed by atoms with E-state index >= 15 is 0 Å². The average molecular weight is 282 g/mol. The van der Waals surface area contributed by atoms with Gasteiger partial charge in [-0.2, -0.15) is 5.26 Å². The summed E-state index contributed by atoms with van der Waals surface area (Å²) in [4.78, 5) is 0. The fourth-order valence-electron chi connectivity index (χ4n) is 2.22. The minimum atomic E-state index is -0.162. The fourth-order valence-corrected chi connectivity index (χ4v) is 2.22. The van der Waals surface area contributed by atoms with Crippen molar-refractivity contribution in [1.82, 2.24) is 5.32 Å². The van der Waals surface area contributed by atoms with Crippen LogP contribution in [0.15, 0.2) is 48.5 Å². The highest BCUT2D eigenvalue weighted by atomic mass is 16.5. The van der Waals surface area contributed by atoms with Gasteiger partial charge in [0.25, 0.3) is 0 Å². The summed E-state index contributed by atoms with van der Waals surface area (Å²) in [6, 6.07) is 17.0. The molecule has 0 radical (unpaired) electrons. The number of nitriles is 1. The molecule has 2 rings (SSSR count). The Hall–Kier alpha value is -2.51. The summed E-state index contributed by atoms with van der Waals surface area (Å²) in [5, 5.41) is 22.2. The largest absolute Gasteiger partial charge is 0.507 e. The highest BCUT2D eigenvalue weighted by Gasteiger charge is 2.17. The van der Waals surface area contributed by atoms with Crippen molar-refractivity contribution in [2.45, 2.75) is 12.5 Å². The van der Waals surface area contributed by atoms with Gasteiger partial charge in [-0.3, -0.25) is 0 Å². The lowest BCUT2D eigenvalue weighted by atomic mass is 9.97. The number of nitrogens with one attached hydrogen (secondary N) is 1. The standard InChI is InChI=1S/C17H18N2O2/c1-21-14-8-9-15(16(20)12-14)17(19-11-5-10-18)13-6-3-2-4-7-13/h2-4,6-9,12,17,19-20H,5,11H2,1H3. The molecule has 1 unspecified atom stereocenters. The Balaban J connectivity index is 2.33. The van der Waals surface area contributed by atoms with Gasteiger partial charge in [0.15, 0.2) is 0 Å². The molecule has 0 bridgehead atoms. The van der Waals surface area contributed by atoms with Crippen molar-refractivity contribution >= 4 is 0 Å². The van der Waals surface area contributed by atoms with Crippen LogP contribution in [0.2, 0.25) is 0 Å². The minimum absolute atomic E-state index is 0.162. The normalized spacial score (nSPS) is 11.6. The van der Waals surface area contributed by atoms with Gasteiger partial charge in [0.05, 0.1) is 19.2 Å². The Morgan fingerprint density at radius 3 is 2.62 bits per heavy atom. The van der Waals surface area contributed by atoms with E-state index in [2.05, 4.69) is 11.4 Å². The van der Waals surface area contributed by atoms with Crippen LogP contribution in [0.5, 0.6) is 11.5 Å². The van der Waals surface area contributed by atoms with Gasteiger partial charge in [-0.05, 0) is 17.7 Å². The van der Waals surface area contributed by atoms with E-state index in [1.165, 1.54) is 0 Å². The monoisotopic (exact) mass is 282 g/mol. The molecule has 0 saturated carbocycles. The molecule has 2 aromatic rings. The average Bonchev–Trinajstić information content (AvgIpc) is 2.53. The molecule has 21 heavy (non-hydrogen) atoms. The van der Waals surface area contributed by atoms with Crippen LogP contribution in [-0.4, -0.2) is 18.8 Å². The van der Waals surface area contributed by atoms with Gasteiger partial charge in [0.1, 0.15) is 11.5 Å². The molecule has 0 aliphatic heterocycles. The van der Waals surface area contributed by atoms with Gasteiger partial charge < -0.3 is 15.2 Å². The van der Waals surface area contributed by atoms with Crippen LogP contribution >= 0.6 is 0 Å². The molecule has 0 fully saturated rings. The molecule has 0 amide bonds. The molecule has 0 heterocycles. The van der Waals surface area contributed by atoms with Crippen LogP contribution in [0.1, 0.15) is 23.6 Å². The molecule has 0 aliphatic rings. The van der Waals surface area contributed by atoms with Crippen LogP contribution in [0.3, 0.4) is 0 Å². The van der Waals surface area contributed by atoms with E-state index in [0.29, 0.717) is 18.7 Å². The highest BCUT2D eigenvalue weighted by Crippen LogP contribution is 2.32. The summed E-state index contributed by atoms with van der Waals surface area (Å²) in [5.41, 5.74) is 1.80. The molecule has 0 aliphatic carbocycles. The minimum Gasteiger partial charge on any atom is -0.507 e. The van der Waals surface area contributed by atoms with E-state index in [9.17, 15) is 5.11 Å². The second-order valence-corrected chi connectivity index (χ2v) is 4.63. The molecule has 108 valence electrons. The molecule has 2 aromatic carbocycles. The zero-order valence-corrected chi connectivity index (χ0v) is 11.9. The van der Waals surface area contributed by atoms with Crippen molar-refractivity contribution < 1.29 is 9.84 Å². The number of hydrogen-bond acceptors (Lipinski definition) is 4. The Bertz CT molecular complexity index is 620. The van der Waals surface area contributed by atoms with E-state index in [0.717, 1.165) is 11.1 Å². The summed E-state index contributed by atoms with van der Waals surface area (Å²) in [6.07, 6.45) is 0.417. The van der Waals surface area contributed by atoms with Crippen molar-refractivity contribution in [2.75, 3.05) is 13.7 Å². The van der Waals surface area contributed by atoms with Gasteiger partial charge in [0, 0.05) is 24.6 Å². The van der Waals surface area contributed by atoms with Gasteiger partial charge in [-0.1, -0.05) is 30.3 Å². The van der Waals surface area contributed by atoms with Crippen molar-refractivity contribution in [3.63, 3.8) is 0 Å². The highest BCUT2D eigenvalue weighted by molar-refractivity contribution is 5.45. The first-order valence-electron chi connectivity index (χ1n) is 6.78. The second-order valence-electron chi connectivity index (χ2n) is 4.63. The van der Waals surface area contributed by atoms with Crippen LogP contribution in [0.25, 0.3) is 0 Å². The molecule has 1 atom stereocenters. The number of aromatic hydroxyl groups is 1. The Labute approximate surface area is 124 Å². The van der Waals surface area contributed by atoms with Crippen LogP contribution in [0, 0.1) is 11.3 Å². The van der Waals surface area contributed by atoms with E-state index in [4.69, 9.17) is 10.00 Å². The summed E-state index contributed by atoms with van der Waals surface area (Å²) in [7, 11) is 1.56. The van der Waals surface area contributed by atoms with Gasteiger partial charge >= 0.3 is 0 Å². The quantitative estimate of drug-likeness (QED) is 0.799. The zero-order valence-electron chi connectivity index (χ0n) is 11.9. The van der Waals surface area contributed by atoms with Gasteiger partial charge in [-0.25, -0.2) is 0 Å². The number of methoxy groups -OCH3 is 1. The Morgan fingerprint density at radius 1 is 1.24 bits per heavy atom.